The maximum atomic E-state index is 11.5. The summed E-state index contributed by atoms with van der Waals surface area (Å²) < 4.78 is 10.3. The zero-order chi connectivity index (χ0) is 12.6. The number of aromatic amines is 1. The zero-order valence-electron chi connectivity index (χ0n) is 9.53. The van der Waals surface area contributed by atoms with Gasteiger partial charge in [0.1, 0.15) is 5.69 Å². The average Bonchev–Trinajstić information content (AvgIpc) is 2.34. The first-order valence-electron chi connectivity index (χ1n) is 4.91. The van der Waals surface area contributed by atoms with Crippen molar-refractivity contribution in [3.8, 4) is 11.5 Å². The Hall–Kier alpha value is -2.37. The second kappa shape index (κ2) is 3.89. The number of nitrogens with two attached hydrogens (primary N) is 2. The molecular weight excluding hydrogens is 222 g/mol. The highest BCUT2D eigenvalue weighted by Gasteiger charge is 2.11. The van der Waals surface area contributed by atoms with Crippen molar-refractivity contribution >= 4 is 22.3 Å². The first kappa shape index (κ1) is 11.1. The normalized spacial score (nSPS) is 10.5. The van der Waals surface area contributed by atoms with Gasteiger partial charge in [0.2, 0.25) is 0 Å². The molecule has 5 N–H and O–H groups in total. The average molecular weight is 235 g/mol. The fraction of sp³-hybridized carbons (Fsp3) is 0.182. The van der Waals surface area contributed by atoms with Crippen molar-refractivity contribution < 1.29 is 9.47 Å². The number of hydrogen-bond donors (Lipinski definition) is 3. The predicted molar refractivity (Wildman–Crippen MR) is 66.5 cm³/mol. The van der Waals surface area contributed by atoms with Gasteiger partial charge in [0.25, 0.3) is 5.56 Å². The van der Waals surface area contributed by atoms with Crippen LogP contribution in [0, 0.1) is 0 Å². The molecule has 0 saturated carbocycles. The Morgan fingerprint density at radius 3 is 2.24 bits per heavy atom. The lowest BCUT2D eigenvalue weighted by Gasteiger charge is -2.11. The highest BCUT2D eigenvalue weighted by atomic mass is 16.5. The van der Waals surface area contributed by atoms with E-state index >= 15 is 0 Å². The fourth-order valence-corrected chi connectivity index (χ4v) is 1.66. The Bertz CT molecular complexity index is 634. The molecule has 1 aromatic carbocycles. The van der Waals surface area contributed by atoms with Crippen LogP contribution in [-0.2, 0) is 0 Å². The van der Waals surface area contributed by atoms with Crippen molar-refractivity contribution in [2.24, 2.45) is 0 Å². The molecule has 1 aromatic heterocycles. The zero-order valence-corrected chi connectivity index (χ0v) is 9.53. The molecule has 0 aliphatic rings. The van der Waals surface area contributed by atoms with E-state index in [1.54, 1.807) is 12.1 Å². The van der Waals surface area contributed by atoms with Crippen molar-refractivity contribution in [2.75, 3.05) is 25.7 Å². The number of H-pyrrole nitrogens is 1. The van der Waals surface area contributed by atoms with Gasteiger partial charge in [-0.25, -0.2) is 0 Å². The lowest BCUT2D eigenvalue weighted by atomic mass is 10.1. The van der Waals surface area contributed by atoms with Gasteiger partial charge < -0.3 is 25.9 Å². The lowest BCUT2D eigenvalue weighted by Crippen LogP contribution is -2.14. The molecule has 0 saturated heterocycles. The number of anilines is 2. The molecule has 90 valence electrons. The van der Waals surface area contributed by atoms with E-state index in [9.17, 15) is 4.79 Å². The predicted octanol–water partition coefficient (Wildman–Crippen LogP) is 0.710. The van der Waals surface area contributed by atoms with Crippen molar-refractivity contribution in [2.45, 2.75) is 0 Å². The van der Waals surface area contributed by atoms with Crippen LogP contribution in [0.4, 0.5) is 11.4 Å². The van der Waals surface area contributed by atoms with E-state index in [1.165, 1.54) is 14.2 Å². The summed E-state index contributed by atoms with van der Waals surface area (Å²) in [5, 5.41) is 0.625. The number of rotatable bonds is 2. The lowest BCUT2D eigenvalue weighted by molar-refractivity contribution is 0.356. The molecule has 0 spiro atoms. The molecule has 0 bridgehead atoms. The van der Waals surface area contributed by atoms with Crippen LogP contribution in [0.15, 0.2) is 16.9 Å². The van der Waals surface area contributed by atoms with E-state index in [2.05, 4.69) is 4.98 Å². The van der Waals surface area contributed by atoms with Gasteiger partial charge in [0, 0.05) is 11.5 Å². The van der Waals surface area contributed by atoms with Crippen LogP contribution >= 0.6 is 0 Å². The summed E-state index contributed by atoms with van der Waals surface area (Å²) in [6, 6.07) is 3.32. The molecule has 2 aromatic rings. The molecule has 0 aliphatic carbocycles. The number of methoxy groups -OCH3 is 2. The number of nitrogen functional groups attached to an aromatic ring is 2. The standard InChI is InChI=1S/C11H13N3O3/c1-16-7-3-5-6(4-8(7)17-2)14-11(15)10(13)9(5)12/h3-4H,13H2,1-2H3,(H3,12,14,15). The molecular formula is C11H13N3O3. The second-order valence-corrected chi connectivity index (χ2v) is 3.53. The largest absolute Gasteiger partial charge is 0.493 e. The summed E-state index contributed by atoms with van der Waals surface area (Å²) >= 11 is 0. The van der Waals surface area contributed by atoms with Gasteiger partial charge in [-0.1, -0.05) is 0 Å². The second-order valence-electron chi connectivity index (χ2n) is 3.53. The third-order valence-electron chi connectivity index (χ3n) is 2.60. The number of fused-ring (bicyclic) bond motifs is 1. The summed E-state index contributed by atoms with van der Waals surface area (Å²) in [7, 11) is 3.04. The first-order valence-corrected chi connectivity index (χ1v) is 4.91. The molecule has 6 heteroatoms. The maximum absolute atomic E-state index is 11.5. The van der Waals surface area contributed by atoms with Crippen LogP contribution in [0.5, 0.6) is 11.5 Å². The Kier molecular flexibility index (Phi) is 2.55. The van der Waals surface area contributed by atoms with E-state index < -0.39 is 5.56 Å². The highest BCUT2D eigenvalue weighted by molar-refractivity contribution is 5.97. The first-order chi connectivity index (χ1) is 8.08. The Morgan fingerprint density at radius 2 is 1.65 bits per heavy atom. The van der Waals surface area contributed by atoms with Crippen LogP contribution in [0.3, 0.4) is 0 Å². The topological polar surface area (TPSA) is 103 Å². The van der Waals surface area contributed by atoms with E-state index in [0.29, 0.717) is 22.4 Å². The Morgan fingerprint density at radius 1 is 1.06 bits per heavy atom. The minimum atomic E-state index is -0.415. The van der Waals surface area contributed by atoms with Gasteiger partial charge in [-0.2, -0.15) is 0 Å². The molecule has 0 atom stereocenters. The monoisotopic (exact) mass is 235 g/mol. The van der Waals surface area contributed by atoms with E-state index in [4.69, 9.17) is 20.9 Å². The molecule has 0 radical (unpaired) electrons. The fourth-order valence-electron chi connectivity index (χ4n) is 1.66. The number of ether oxygens (including phenoxy) is 2. The third kappa shape index (κ3) is 1.63. The maximum Gasteiger partial charge on any atom is 0.273 e. The summed E-state index contributed by atoms with van der Waals surface area (Å²) in [6.45, 7) is 0. The number of pyridine rings is 1. The quantitative estimate of drug-likeness (QED) is 0.711. The SMILES string of the molecule is COc1cc2[nH]c(=O)c(N)c(N)c2cc1OC. The molecule has 2 rings (SSSR count). The van der Waals surface area contributed by atoms with Crippen molar-refractivity contribution in [3.63, 3.8) is 0 Å². The number of benzene rings is 1. The molecule has 0 fully saturated rings. The third-order valence-corrected chi connectivity index (χ3v) is 2.60. The van der Waals surface area contributed by atoms with Gasteiger partial charge in [0.15, 0.2) is 11.5 Å². The minimum absolute atomic E-state index is 0.00437. The van der Waals surface area contributed by atoms with Gasteiger partial charge in [-0.3, -0.25) is 4.79 Å². The Labute approximate surface area is 97.1 Å². The number of hydrogen-bond acceptors (Lipinski definition) is 5. The molecule has 0 amide bonds. The molecule has 17 heavy (non-hydrogen) atoms. The summed E-state index contributed by atoms with van der Waals surface area (Å²) in [4.78, 5) is 14.1. The summed E-state index contributed by atoms with van der Waals surface area (Å²) in [6.07, 6.45) is 0. The van der Waals surface area contributed by atoms with Crippen LogP contribution in [0.25, 0.3) is 10.9 Å². The van der Waals surface area contributed by atoms with Crippen LogP contribution in [-0.4, -0.2) is 19.2 Å². The van der Waals surface area contributed by atoms with Crippen LogP contribution < -0.4 is 26.5 Å². The summed E-state index contributed by atoms with van der Waals surface area (Å²) in [5.41, 5.74) is 11.7. The van der Waals surface area contributed by atoms with Gasteiger partial charge in [0.05, 0.1) is 25.4 Å². The minimum Gasteiger partial charge on any atom is -0.493 e. The van der Waals surface area contributed by atoms with Crippen molar-refractivity contribution in [1.29, 1.82) is 0 Å². The van der Waals surface area contributed by atoms with E-state index in [0.717, 1.165) is 0 Å². The number of nitrogens with one attached hydrogen (secondary N) is 1. The van der Waals surface area contributed by atoms with E-state index in [1.807, 2.05) is 0 Å². The van der Waals surface area contributed by atoms with Crippen molar-refractivity contribution in [1.82, 2.24) is 4.98 Å². The number of aromatic nitrogens is 1. The Balaban J connectivity index is 2.88. The summed E-state index contributed by atoms with van der Waals surface area (Å²) in [5.74, 6) is 1.04. The van der Waals surface area contributed by atoms with Gasteiger partial charge >= 0.3 is 0 Å². The molecule has 6 nitrogen and oxygen atoms in total. The van der Waals surface area contributed by atoms with Crippen LogP contribution in [0.1, 0.15) is 0 Å². The van der Waals surface area contributed by atoms with Gasteiger partial charge in [-0.05, 0) is 6.07 Å². The van der Waals surface area contributed by atoms with Gasteiger partial charge in [-0.15, -0.1) is 0 Å². The van der Waals surface area contributed by atoms with E-state index in [-0.39, 0.29) is 11.4 Å². The van der Waals surface area contributed by atoms with Crippen LogP contribution in [0.2, 0.25) is 0 Å². The van der Waals surface area contributed by atoms with Crippen molar-refractivity contribution in [3.05, 3.63) is 22.5 Å². The smallest absolute Gasteiger partial charge is 0.273 e. The molecule has 0 unspecified atom stereocenters. The molecule has 1 heterocycles. The molecule has 0 aliphatic heterocycles. The highest BCUT2D eigenvalue weighted by Crippen LogP contribution is 2.34.